The highest BCUT2D eigenvalue weighted by Crippen LogP contribution is 2.52. The second-order valence-electron chi connectivity index (χ2n) is 10.4. The fourth-order valence-electron chi connectivity index (χ4n) is 5.76. The van der Waals surface area contributed by atoms with Crippen molar-refractivity contribution in [3.8, 4) is 0 Å². The van der Waals surface area contributed by atoms with Gasteiger partial charge in [0.2, 0.25) is 0 Å². The van der Waals surface area contributed by atoms with Crippen molar-refractivity contribution in [1.82, 2.24) is 9.80 Å². The van der Waals surface area contributed by atoms with E-state index in [9.17, 15) is 9.59 Å². The molecule has 1 unspecified atom stereocenters. The highest BCUT2D eigenvalue weighted by molar-refractivity contribution is 5.95. The summed E-state index contributed by atoms with van der Waals surface area (Å²) in [5, 5.41) is 0. The van der Waals surface area contributed by atoms with Gasteiger partial charge in [0, 0.05) is 37.3 Å². The first-order valence-corrected chi connectivity index (χ1v) is 10.9. The molecule has 0 aromatic heterocycles. The number of fused-ring (bicyclic) bond motifs is 2. The van der Waals surface area contributed by atoms with E-state index >= 15 is 0 Å². The Morgan fingerprint density at radius 1 is 0.967 bits per heavy atom. The van der Waals surface area contributed by atoms with Crippen LogP contribution in [0, 0.1) is 10.8 Å². The van der Waals surface area contributed by atoms with E-state index in [4.69, 9.17) is 0 Å². The number of amides is 2. The summed E-state index contributed by atoms with van der Waals surface area (Å²) in [6.45, 7) is 8.36. The second-order valence-corrected chi connectivity index (χ2v) is 10.4. The maximum Gasteiger partial charge on any atom is 0.254 e. The van der Waals surface area contributed by atoms with E-state index in [1.807, 2.05) is 54.6 Å². The number of rotatable bonds is 4. The molecule has 4 heteroatoms. The van der Waals surface area contributed by atoms with E-state index in [2.05, 4.69) is 25.7 Å². The molecule has 4 rings (SSSR count). The number of hydrogen-bond acceptors (Lipinski definition) is 2. The number of hydrogen-bond donors (Lipinski definition) is 0. The average molecular weight is 405 g/mol. The molecule has 0 radical (unpaired) electrons. The fourth-order valence-corrected chi connectivity index (χ4v) is 5.76. The van der Waals surface area contributed by atoms with Crippen LogP contribution in [0.15, 0.2) is 54.6 Å². The summed E-state index contributed by atoms with van der Waals surface area (Å²) in [6, 6.07) is 17.4. The van der Waals surface area contributed by atoms with Gasteiger partial charge in [0.1, 0.15) is 0 Å². The van der Waals surface area contributed by atoms with Gasteiger partial charge < -0.3 is 9.80 Å². The Labute approximate surface area is 179 Å². The van der Waals surface area contributed by atoms with E-state index in [0.29, 0.717) is 23.6 Å². The van der Waals surface area contributed by atoms with Crippen molar-refractivity contribution in [3.63, 3.8) is 0 Å². The molecule has 1 aliphatic heterocycles. The average Bonchev–Trinajstić information content (AvgIpc) is 2.96. The number of benzene rings is 2. The van der Waals surface area contributed by atoms with Crippen LogP contribution in [0.5, 0.6) is 0 Å². The Kier molecular flexibility index (Phi) is 5.21. The lowest BCUT2D eigenvalue weighted by atomic mass is 9.65. The fraction of sp³-hybridized carbons (Fsp3) is 0.462. The summed E-state index contributed by atoms with van der Waals surface area (Å²) in [5.41, 5.74) is 2.98. The van der Waals surface area contributed by atoms with Crippen LogP contribution in [0.2, 0.25) is 0 Å². The lowest BCUT2D eigenvalue weighted by Gasteiger charge is -2.39. The Balaban J connectivity index is 1.42. The maximum absolute atomic E-state index is 13.2. The molecular weight excluding hydrogens is 372 g/mol. The summed E-state index contributed by atoms with van der Waals surface area (Å²) >= 11 is 0. The van der Waals surface area contributed by atoms with Gasteiger partial charge in [-0.25, -0.2) is 0 Å². The molecule has 2 aliphatic rings. The highest BCUT2D eigenvalue weighted by atomic mass is 16.2. The smallest absolute Gasteiger partial charge is 0.254 e. The normalized spacial score (nSPS) is 24.5. The minimum absolute atomic E-state index is 0.00375. The predicted molar refractivity (Wildman–Crippen MR) is 119 cm³/mol. The zero-order valence-corrected chi connectivity index (χ0v) is 18.5. The Morgan fingerprint density at radius 3 is 2.30 bits per heavy atom. The Hall–Kier alpha value is -2.62. The van der Waals surface area contributed by atoms with Gasteiger partial charge >= 0.3 is 0 Å². The lowest BCUT2D eigenvalue weighted by Crippen LogP contribution is -2.37. The predicted octanol–water partition coefficient (Wildman–Crippen LogP) is 5.00. The van der Waals surface area contributed by atoms with Gasteiger partial charge in [0.05, 0.1) is 0 Å². The Morgan fingerprint density at radius 2 is 1.63 bits per heavy atom. The van der Waals surface area contributed by atoms with Crippen LogP contribution in [0.3, 0.4) is 0 Å². The summed E-state index contributed by atoms with van der Waals surface area (Å²) in [4.78, 5) is 29.6. The zero-order chi connectivity index (χ0) is 21.5. The van der Waals surface area contributed by atoms with Gasteiger partial charge in [-0.2, -0.15) is 0 Å². The minimum Gasteiger partial charge on any atom is -0.337 e. The van der Waals surface area contributed by atoms with Gasteiger partial charge in [-0.1, -0.05) is 51.1 Å². The highest BCUT2D eigenvalue weighted by Gasteiger charge is 2.50. The van der Waals surface area contributed by atoms with Gasteiger partial charge in [0.15, 0.2) is 0 Å². The number of carbonyl (C=O) groups is 2. The molecule has 2 fully saturated rings. The van der Waals surface area contributed by atoms with Crippen LogP contribution in [0.4, 0.5) is 0 Å². The minimum atomic E-state index is -0.00375. The van der Waals surface area contributed by atoms with Gasteiger partial charge in [-0.3, -0.25) is 9.59 Å². The summed E-state index contributed by atoms with van der Waals surface area (Å²) < 4.78 is 0. The van der Waals surface area contributed by atoms with E-state index in [1.165, 1.54) is 6.42 Å². The van der Waals surface area contributed by atoms with E-state index in [1.54, 1.807) is 11.9 Å². The third-order valence-electron chi connectivity index (χ3n) is 6.66. The first kappa shape index (κ1) is 20.6. The summed E-state index contributed by atoms with van der Waals surface area (Å²) in [7, 11) is 1.81. The third kappa shape index (κ3) is 4.14. The molecule has 0 N–H and O–H groups in total. The molecule has 1 saturated carbocycles. The first-order valence-electron chi connectivity index (χ1n) is 10.9. The van der Waals surface area contributed by atoms with Crippen molar-refractivity contribution in [2.24, 2.45) is 10.8 Å². The van der Waals surface area contributed by atoms with Gasteiger partial charge in [-0.15, -0.1) is 0 Å². The van der Waals surface area contributed by atoms with Crippen molar-refractivity contribution >= 4 is 11.8 Å². The monoisotopic (exact) mass is 404 g/mol. The standard InChI is InChI=1S/C26H32N2O2/c1-25(2)14-22-15-26(3,17-25)18-28(22)24(30)21-12-10-19(11-13-21)16-27(4)23(29)20-8-6-5-7-9-20/h5-13,22H,14-18H2,1-4H3/t22-,26?/m1/s1. The topological polar surface area (TPSA) is 40.6 Å². The number of carbonyl (C=O) groups excluding carboxylic acids is 2. The first-order chi connectivity index (χ1) is 14.2. The van der Waals surface area contributed by atoms with Gasteiger partial charge in [-0.05, 0) is 59.9 Å². The maximum atomic E-state index is 13.2. The molecular formula is C26H32N2O2. The van der Waals surface area contributed by atoms with E-state index in [-0.39, 0.29) is 17.2 Å². The molecule has 158 valence electrons. The van der Waals surface area contributed by atoms with Gasteiger partial charge in [0.25, 0.3) is 11.8 Å². The second kappa shape index (κ2) is 7.57. The van der Waals surface area contributed by atoms with Crippen molar-refractivity contribution in [1.29, 1.82) is 0 Å². The third-order valence-corrected chi connectivity index (χ3v) is 6.66. The van der Waals surface area contributed by atoms with Crippen LogP contribution in [-0.2, 0) is 6.54 Å². The number of nitrogens with zero attached hydrogens (tertiary/aromatic N) is 2. The molecule has 0 spiro atoms. The molecule has 1 saturated heterocycles. The molecule has 30 heavy (non-hydrogen) atoms. The number of likely N-dealkylation sites (tertiary alicyclic amines) is 1. The quantitative estimate of drug-likeness (QED) is 0.719. The summed E-state index contributed by atoms with van der Waals surface area (Å²) in [6.07, 6.45) is 3.38. The molecule has 2 atom stereocenters. The summed E-state index contributed by atoms with van der Waals surface area (Å²) in [5.74, 6) is 0.137. The molecule has 2 bridgehead atoms. The van der Waals surface area contributed by atoms with Crippen molar-refractivity contribution < 1.29 is 9.59 Å². The van der Waals surface area contributed by atoms with Crippen molar-refractivity contribution in [2.75, 3.05) is 13.6 Å². The SMILES string of the molecule is CN(Cc1ccc(C(=O)N2CC3(C)C[C@H]2CC(C)(C)C3)cc1)C(=O)c1ccccc1. The van der Waals surface area contributed by atoms with Crippen LogP contribution in [-0.4, -0.2) is 41.2 Å². The zero-order valence-electron chi connectivity index (χ0n) is 18.5. The molecule has 2 amide bonds. The molecule has 2 aromatic carbocycles. The van der Waals surface area contributed by atoms with E-state index in [0.717, 1.165) is 30.5 Å². The molecule has 2 aromatic rings. The van der Waals surface area contributed by atoms with Crippen molar-refractivity contribution in [3.05, 3.63) is 71.3 Å². The van der Waals surface area contributed by atoms with Crippen LogP contribution < -0.4 is 0 Å². The van der Waals surface area contributed by atoms with Crippen LogP contribution in [0.25, 0.3) is 0 Å². The van der Waals surface area contributed by atoms with Crippen molar-refractivity contribution in [2.45, 2.75) is 52.6 Å². The Bertz CT molecular complexity index is 935. The largest absolute Gasteiger partial charge is 0.337 e. The van der Waals surface area contributed by atoms with Crippen LogP contribution >= 0.6 is 0 Å². The van der Waals surface area contributed by atoms with Crippen LogP contribution in [0.1, 0.15) is 66.3 Å². The lowest BCUT2D eigenvalue weighted by molar-refractivity contribution is 0.0707. The molecule has 1 heterocycles. The molecule has 4 nitrogen and oxygen atoms in total. The molecule has 1 aliphatic carbocycles. The van der Waals surface area contributed by atoms with E-state index < -0.39 is 0 Å².